The molecule has 2 aromatic rings. The van der Waals surface area contributed by atoms with E-state index in [-0.39, 0.29) is 12.3 Å². The summed E-state index contributed by atoms with van der Waals surface area (Å²) in [7, 11) is 3.06. The smallest absolute Gasteiger partial charge is 0.411 e. The number of benzene rings is 2. The standard InChI is InChI=1S/C17H18N2O6/c1-23-16(24-2)12-7-9-14(10-8-12)18-17(20)25-11-13-5-3-4-6-15(13)19(21)22/h3-10,16H,11H2,1-2H3,(H,18,20). The average Bonchev–Trinajstić information content (AvgIpc) is 2.62. The van der Waals surface area contributed by atoms with Gasteiger partial charge in [0.2, 0.25) is 0 Å². The van der Waals surface area contributed by atoms with Crippen molar-refractivity contribution < 1.29 is 23.9 Å². The number of nitrogens with one attached hydrogen (secondary N) is 1. The second-order valence-corrected chi connectivity index (χ2v) is 5.01. The molecular weight excluding hydrogens is 328 g/mol. The number of hydrogen-bond acceptors (Lipinski definition) is 6. The number of rotatable bonds is 7. The lowest BCUT2D eigenvalue weighted by Crippen LogP contribution is -2.14. The first kappa shape index (κ1) is 18.4. The number of anilines is 1. The van der Waals surface area contributed by atoms with Gasteiger partial charge < -0.3 is 14.2 Å². The highest BCUT2D eigenvalue weighted by molar-refractivity contribution is 5.84. The number of nitro groups is 1. The summed E-state index contributed by atoms with van der Waals surface area (Å²) < 4.78 is 15.3. The van der Waals surface area contributed by atoms with Crippen molar-refractivity contribution >= 4 is 17.5 Å². The van der Waals surface area contributed by atoms with E-state index in [1.807, 2.05) is 0 Å². The average molecular weight is 346 g/mol. The first-order valence-corrected chi connectivity index (χ1v) is 7.36. The Morgan fingerprint density at radius 3 is 2.36 bits per heavy atom. The highest BCUT2D eigenvalue weighted by atomic mass is 16.7. The van der Waals surface area contributed by atoms with Gasteiger partial charge in [-0.2, -0.15) is 0 Å². The Balaban J connectivity index is 1.94. The van der Waals surface area contributed by atoms with Crippen molar-refractivity contribution in [3.63, 3.8) is 0 Å². The molecule has 0 bridgehead atoms. The van der Waals surface area contributed by atoms with E-state index in [0.29, 0.717) is 11.3 Å². The fourth-order valence-corrected chi connectivity index (χ4v) is 2.20. The largest absolute Gasteiger partial charge is 0.444 e. The fraction of sp³-hybridized carbons (Fsp3) is 0.235. The molecule has 2 rings (SSSR count). The Labute approximate surface area is 144 Å². The molecule has 0 spiro atoms. The van der Waals surface area contributed by atoms with Gasteiger partial charge >= 0.3 is 6.09 Å². The van der Waals surface area contributed by atoms with Crippen LogP contribution >= 0.6 is 0 Å². The summed E-state index contributed by atoms with van der Waals surface area (Å²) in [4.78, 5) is 22.3. The Morgan fingerprint density at radius 2 is 1.76 bits per heavy atom. The first-order valence-electron chi connectivity index (χ1n) is 7.36. The van der Waals surface area contributed by atoms with Crippen molar-refractivity contribution in [2.75, 3.05) is 19.5 Å². The van der Waals surface area contributed by atoms with E-state index < -0.39 is 17.3 Å². The normalized spacial score (nSPS) is 10.5. The van der Waals surface area contributed by atoms with Crippen LogP contribution in [-0.4, -0.2) is 25.2 Å². The van der Waals surface area contributed by atoms with Crippen LogP contribution in [0.4, 0.5) is 16.2 Å². The topological polar surface area (TPSA) is 99.9 Å². The van der Waals surface area contributed by atoms with Crippen LogP contribution in [0.1, 0.15) is 17.4 Å². The van der Waals surface area contributed by atoms with Gasteiger partial charge in [0.1, 0.15) is 6.61 Å². The lowest BCUT2D eigenvalue weighted by atomic mass is 10.2. The molecule has 0 aliphatic rings. The Bertz CT molecular complexity index is 728. The SMILES string of the molecule is COC(OC)c1ccc(NC(=O)OCc2ccccc2[N+](=O)[O-])cc1. The van der Waals surface area contributed by atoms with Crippen molar-refractivity contribution in [2.45, 2.75) is 12.9 Å². The minimum atomic E-state index is -0.707. The van der Waals surface area contributed by atoms with Crippen LogP contribution in [0.2, 0.25) is 0 Å². The number of carbonyl (C=O) groups excluding carboxylic acids is 1. The number of nitro benzene ring substituents is 1. The molecule has 0 aliphatic carbocycles. The third kappa shape index (κ3) is 5.00. The van der Waals surface area contributed by atoms with Gasteiger partial charge in [0.25, 0.3) is 5.69 Å². The fourth-order valence-electron chi connectivity index (χ4n) is 2.20. The van der Waals surface area contributed by atoms with E-state index in [1.54, 1.807) is 36.4 Å². The van der Waals surface area contributed by atoms with Crippen LogP contribution in [0.5, 0.6) is 0 Å². The number of methoxy groups -OCH3 is 2. The maximum Gasteiger partial charge on any atom is 0.411 e. The van der Waals surface area contributed by atoms with Gasteiger partial charge in [-0.1, -0.05) is 24.3 Å². The Hall–Kier alpha value is -2.97. The molecule has 0 fully saturated rings. The molecule has 1 amide bonds. The molecular formula is C17H18N2O6. The molecule has 25 heavy (non-hydrogen) atoms. The highest BCUT2D eigenvalue weighted by Crippen LogP contribution is 2.21. The second kappa shape index (κ2) is 8.76. The lowest BCUT2D eigenvalue weighted by Gasteiger charge is -2.14. The van der Waals surface area contributed by atoms with Gasteiger partial charge in [-0.05, 0) is 18.2 Å². The molecule has 1 N–H and O–H groups in total. The summed E-state index contributed by atoms with van der Waals surface area (Å²) in [6.07, 6.45) is -1.19. The van der Waals surface area contributed by atoms with Crippen LogP contribution in [-0.2, 0) is 20.8 Å². The third-order valence-corrected chi connectivity index (χ3v) is 3.40. The first-order chi connectivity index (χ1) is 12.0. The molecule has 0 saturated carbocycles. The maximum atomic E-state index is 11.8. The molecule has 8 heteroatoms. The molecule has 0 aliphatic heterocycles. The number of para-hydroxylation sites is 1. The number of hydrogen-bond donors (Lipinski definition) is 1. The number of ether oxygens (including phenoxy) is 3. The summed E-state index contributed by atoms with van der Waals surface area (Å²) in [5.74, 6) is 0. The van der Waals surface area contributed by atoms with Crippen LogP contribution in [0.25, 0.3) is 0 Å². The van der Waals surface area contributed by atoms with Crippen LogP contribution in [0.3, 0.4) is 0 Å². The molecule has 132 valence electrons. The highest BCUT2D eigenvalue weighted by Gasteiger charge is 2.14. The van der Waals surface area contributed by atoms with E-state index in [1.165, 1.54) is 26.4 Å². The van der Waals surface area contributed by atoms with Gasteiger partial charge in [0, 0.05) is 31.5 Å². The van der Waals surface area contributed by atoms with Gasteiger partial charge in [-0.3, -0.25) is 15.4 Å². The molecule has 0 radical (unpaired) electrons. The van der Waals surface area contributed by atoms with E-state index in [0.717, 1.165) is 5.56 Å². The van der Waals surface area contributed by atoms with E-state index in [2.05, 4.69) is 5.32 Å². The number of amides is 1. The zero-order chi connectivity index (χ0) is 18.2. The van der Waals surface area contributed by atoms with Gasteiger partial charge in [0.05, 0.1) is 10.5 Å². The summed E-state index contributed by atoms with van der Waals surface area (Å²) in [6.45, 7) is -0.198. The molecule has 2 aromatic carbocycles. The Kier molecular flexibility index (Phi) is 6.44. The van der Waals surface area contributed by atoms with E-state index in [4.69, 9.17) is 14.2 Å². The summed E-state index contributed by atoms with van der Waals surface area (Å²) in [5, 5.41) is 13.5. The molecule has 8 nitrogen and oxygen atoms in total. The molecule has 0 aromatic heterocycles. The van der Waals surface area contributed by atoms with Crippen molar-refractivity contribution in [1.29, 1.82) is 0 Å². The van der Waals surface area contributed by atoms with Crippen molar-refractivity contribution in [2.24, 2.45) is 0 Å². The monoisotopic (exact) mass is 346 g/mol. The predicted octanol–water partition coefficient (Wildman–Crippen LogP) is 3.63. The minimum Gasteiger partial charge on any atom is -0.444 e. The minimum absolute atomic E-state index is 0.0928. The van der Waals surface area contributed by atoms with Gasteiger partial charge in [-0.15, -0.1) is 0 Å². The molecule has 0 unspecified atom stereocenters. The zero-order valence-electron chi connectivity index (χ0n) is 13.8. The van der Waals surface area contributed by atoms with Crippen molar-refractivity contribution in [1.82, 2.24) is 0 Å². The maximum absolute atomic E-state index is 11.8. The second-order valence-electron chi connectivity index (χ2n) is 5.01. The quantitative estimate of drug-likeness (QED) is 0.467. The Morgan fingerprint density at radius 1 is 1.12 bits per heavy atom. The number of carbonyl (C=O) groups is 1. The number of nitrogens with zero attached hydrogens (tertiary/aromatic N) is 1. The molecule has 0 atom stereocenters. The van der Waals surface area contributed by atoms with Crippen molar-refractivity contribution in [3.05, 3.63) is 69.8 Å². The molecule has 0 saturated heterocycles. The third-order valence-electron chi connectivity index (χ3n) is 3.40. The van der Waals surface area contributed by atoms with Crippen LogP contribution < -0.4 is 5.32 Å². The lowest BCUT2D eigenvalue weighted by molar-refractivity contribution is -0.385. The van der Waals surface area contributed by atoms with E-state index >= 15 is 0 Å². The van der Waals surface area contributed by atoms with Gasteiger partial charge in [-0.25, -0.2) is 4.79 Å². The van der Waals surface area contributed by atoms with Crippen LogP contribution in [0.15, 0.2) is 48.5 Å². The summed E-state index contributed by atoms with van der Waals surface area (Å²) in [6, 6.07) is 12.9. The van der Waals surface area contributed by atoms with E-state index in [9.17, 15) is 14.9 Å². The summed E-state index contributed by atoms with van der Waals surface area (Å²) >= 11 is 0. The van der Waals surface area contributed by atoms with Gasteiger partial charge in [0.15, 0.2) is 6.29 Å². The predicted molar refractivity (Wildman–Crippen MR) is 90.1 cm³/mol. The van der Waals surface area contributed by atoms with Crippen molar-refractivity contribution in [3.8, 4) is 0 Å². The van der Waals surface area contributed by atoms with Crippen LogP contribution in [0, 0.1) is 10.1 Å². The summed E-state index contributed by atoms with van der Waals surface area (Å²) in [5.41, 5.74) is 1.54. The molecule has 0 heterocycles. The zero-order valence-corrected chi connectivity index (χ0v) is 13.8.